The Morgan fingerprint density at radius 3 is 1.90 bits per heavy atom. The smallest absolute Gasteiger partial charge is 0.326 e. The molecule has 1 aromatic carbocycles. The number of phenols is 1. The van der Waals surface area contributed by atoms with Gasteiger partial charge >= 0.3 is 5.97 Å². The summed E-state index contributed by atoms with van der Waals surface area (Å²) in [5.74, 6) is -1.48. The molecule has 0 spiro atoms. The minimum Gasteiger partial charge on any atom is -0.508 e. The third-order valence-corrected chi connectivity index (χ3v) is 5.57. The van der Waals surface area contributed by atoms with Gasteiger partial charge in [0.2, 0.25) is 5.91 Å². The fourth-order valence-corrected chi connectivity index (χ4v) is 3.68. The van der Waals surface area contributed by atoms with Crippen molar-refractivity contribution in [3.05, 3.63) is 29.8 Å². The summed E-state index contributed by atoms with van der Waals surface area (Å²) in [5, 5.41) is 31.3. The Morgan fingerprint density at radius 2 is 1.39 bits per heavy atom. The molecule has 1 unspecified atom stereocenters. The van der Waals surface area contributed by atoms with Crippen LogP contribution in [0, 0.1) is 0 Å². The molecule has 0 saturated heterocycles. The molecule has 0 fully saturated rings. The fourth-order valence-electron chi connectivity index (χ4n) is 3.68. The maximum Gasteiger partial charge on any atom is 0.326 e. The van der Waals surface area contributed by atoms with E-state index in [9.17, 15) is 24.9 Å². The SMILES string of the molecule is CCCCCCCCCCCCCC(O)CC(=O)N[C@@H](Cc1ccc(O)cc1)C(=O)O. The number of hydrogen-bond acceptors (Lipinski definition) is 4. The van der Waals surface area contributed by atoms with Crippen LogP contribution in [-0.2, 0) is 16.0 Å². The maximum atomic E-state index is 12.1. The topological polar surface area (TPSA) is 107 Å². The molecular weight excluding hydrogens is 394 g/mol. The Bertz CT molecular complexity index is 617. The minimum absolute atomic E-state index is 0.0862. The van der Waals surface area contributed by atoms with Gasteiger partial charge in [0.05, 0.1) is 12.5 Å². The highest BCUT2D eigenvalue weighted by molar-refractivity contribution is 5.84. The van der Waals surface area contributed by atoms with Crippen molar-refractivity contribution in [2.75, 3.05) is 0 Å². The van der Waals surface area contributed by atoms with Crippen LogP contribution >= 0.6 is 0 Å². The number of unbranched alkanes of at least 4 members (excludes halogenated alkanes) is 10. The van der Waals surface area contributed by atoms with E-state index in [0.29, 0.717) is 12.0 Å². The lowest BCUT2D eigenvalue weighted by molar-refractivity contribution is -0.142. The first-order valence-corrected chi connectivity index (χ1v) is 11.9. The molecule has 1 aromatic rings. The van der Waals surface area contributed by atoms with E-state index in [-0.39, 0.29) is 18.6 Å². The van der Waals surface area contributed by atoms with Gasteiger partial charge in [-0.05, 0) is 24.1 Å². The van der Waals surface area contributed by atoms with Crippen LogP contribution in [0.2, 0.25) is 0 Å². The van der Waals surface area contributed by atoms with Crippen molar-refractivity contribution in [1.82, 2.24) is 5.32 Å². The Morgan fingerprint density at radius 1 is 0.871 bits per heavy atom. The lowest BCUT2D eigenvalue weighted by Crippen LogP contribution is -2.43. The molecule has 2 atom stereocenters. The highest BCUT2D eigenvalue weighted by Crippen LogP contribution is 2.14. The Labute approximate surface area is 187 Å². The first kappa shape index (κ1) is 27.0. The van der Waals surface area contributed by atoms with Crippen LogP contribution in [0.1, 0.15) is 96.0 Å². The summed E-state index contributed by atoms with van der Waals surface area (Å²) < 4.78 is 0. The number of aliphatic carboxylic acids is 1. The molecule has 6 nitrogen and oxygen atoms in total. The van der Waals surface area contributed by atoms with Crippen LogP contribution < -0.4 is 5.32 Å². The van der Waals surface area contributed by atoms with Crippen molar-refractivity contribution in [2.45, 2.75) is 109 Å². The average molecular weight is 436 g/mol. The van der Waals surface area contributed by atoms with Gasteiger partial charge in [-0.1, -0.05) is 89.7 Å². The van der Waals surface area contributed by atoms with E-state index in [1.54, 1.807) is 12.1 Å². The lowest BCUT2D eigenvalue weighted by atomic mass is 10.0. The van der Waals surface area contributed by atoms with E-state index in [1.165, 1.54) is 63.5 Å². The summed E-state index contributed by atoms with van der Waals surface area (Å²) >= 11 is 0. The number of nitrogens with one attached hydrogen (secondary N) is 1. The van der Waals surface area contributed by atoms with E-state index in [0.717, 1.165) is 19.3 Å². The van der Waals surface area contributed by atoms with Gasteiger partial charge in [-0.2, -0.15) is 0 Å². The Balaban J connectivity index is 2.14. The first-order valence-electron chi connectivity index (χ1n) is 11.9. The number of carboxylic acid groups (broad SMARTS) is 1. The Hall–Kier alpha value is -2.08. The van der Waals surface area contributed by atoms with Crippen LogP contribution in [0.4, 0.5) is 0 Å². The molecule has 31 heavy (non-hydrogen) atoms. The first-order chi connectivity index (χ1) is 14.9. The van der Waals surface area contributed by atoms with Gasteiger partial charge in [-0.15, -0.1) is 0 Å². The third kappa shape index (κ3) is 13.8. The molecule has 1 rings (SSSR count). The maximum absolute atomic E-state index is 12.1. The van der Waals surface area contributed by atoms with Gasteiger partial charge < -0.3 is 20.6 Å². The van der Waals surface area contributed by atoms with Crippen LogP contribution in [0.3, 0.4) is 0 Å². The highest BCUT2D eigenvalue weighted by Gasteiger charge is 2.21. The zero-order valence-corrected chi connectivity index (χ0v) is 19.0. The van der Waals surface area contributed by atoms with Gasteiger partial charge in [0, 0.05) is 6.42 Å². The number of carboxylic acids is 1. The number of hydrogen-bond donors (Lipinski definition) is 4. The monoisotopic (exact) mass is 435 g/mol. The quantitative estimate of drug-likeness (QED) is 0.244. The zero-order chi connectivity index (χ0) is 22.9. The van der Waals surface area contributed by atoms with Crippen molar-refractivity contribution in [3.8, 4) is 5.75 Å². The number of aliphatic hydroxyl groups is 1. The standard InChI is InChI=1S/C25H41NO5/c1-2-3-4-5-6-7-8-9-10-11-12-13-22(28)19-24(29)26-23(25(30)31)18-20-14-16-21(27)17-15-20/h14-17,22-23,27-28H,2-13,18-19H2,1H3,(H,26,29)(H,30,31)/t22?,23-/m0/s1. The van der Waals surface area contributed by atoms with E-state index < -0.39 is 24.0 Å². The van der Waals surface area contributed by atoms with E-state index in [4.69, 9.17) is 0 Å². The molecule has 0 radical (unpaired) electrons. The number of carbonyl (C=O) groups excluding carboxylic acids is 1. The predicted molar refractivity (Wildman–Crippen MR) is 123 cm³/mol. The number of aliphatic hydroxyl groups excluding tert-OH is 1. The fraction of sp³-hybridized carbons (Fsp3) is 0.680. The lowest BCUT2D eigenvalue weighted by Gasteiger charge is -2.16. The molecule has 0 bridgehead atoms. The van der Waals surface area contributed by atoms with Gasteiger partial charge in [-0.25, -0.2) is 4.79 Å². The number of benzene rings is 1. The molecule has 0 saturated carbocycles. The van der Waals surface area contributed by atoms with Gasteiger partial charge in [0.1, 0.15) is 11.8 Å². The van der Waals surface area contributed by atoms with Crippen LogP contribution in [0.15, 0.2) is 24.3 Å². The minimum atomic E-state index is -1.12. The zero-order valence-electron chi connectivity index (χ0n) is 19.0. The van der Waals surface area contributed by atoms with Crippen molar-refractivity contribution in [3.63, 3.8) is 0 Å². The second-order valence-electron chi connectivity index (χ2n) is 8.51. The summed E-state index contributed by atoms with van der Waals surface area (Å²) in [4.78, 5) is 23.6. The van der Waals surface area contributed by atoms with Gasteiger partial charge in [-0.3, -0.25) is 4.79 Å². The number of amides is 1. The molecular formula is C25H41NO5. The normalized spacial score (nSPS) is 13.0. The van der Waals surface area contributed by atoms with Crippen LogP contribution in [0.5, 0.6) is 5.75 Å². The molecule has 0 aliphatic carbocycles. The van der Waals surface area contributed by atoms with Crippen LogP contribution in [-0.4, -0.2) is 39.3 Å². The second-order valence-corrected chi connectivity index (χ2v) is 8.51. The highest BCUT2D eigenvalue weighted by atomic mass is 16.4. The molecule has 0 heterocycles. The van der Waals surface area contributed by atoms with Crippen molar-refractivity contribution < 1.29 is 24.9 Å². The van der Waals surface area contributed by atoms with Crippen molar-refractivity contribution in [2.24, 2.45) is 0 Å². The van der Waals surface area contributed by atoms with E-state index in [1.807, 2.05) is 0 Å². The number of phenolic OH excluding ortho intramolecular Hbond substituents is 1. The molecule has 0 aliphatic rings. The number of carbonyl (C=O) groups is 2. The molecule has 0 aromatic heterocycles. The molecule has 4 N–H and O–H groups in total. The molecule has 1 amide bonds. The summed E-state index contributed by atoms with van der Waals surface area (Å²) in [7, 11) is 0. The number of aromatic hydroxyl groups is 1. The number of rotatable bonds is 18. The molecule has 0 aliphatic heterocycles. The summed E-state index contributed by atoms with van der Waals surface area (Å²) in [6, 6.07) is 5.14. The predicted octanol–water partition coefficient (Wildman–Crippen LogP) is 4.96. The Kier molecular flexibility index (Phi) is 14.4. The summed E-state index contributed by atoms with van der Waals surface area (Å²) in [6.45, 7) is 2.23. The van der Waals surface area contributed by atoms with Crippen LogP contribution in [0.25, 0.3) is 0 Å². The van der Waals surface area contributed by atoms with E-state index >= 15 is 0 Å². The molecule has 176 valence electrons. The summed E-state index contributed by atoms with van der Waals surface area (Å²) in [6.07, 6.45) is 13.4. The van der Waals surface area contributed by atoms with Gasteiger partial charge in [0.15, 0.2) is 0 Å². The second kappa shape index (κ2) is 16.6. The van der Waals surface area contributed by atoms with Gasteiger partial charge in [0.25, 0.3) is 0 Å². The largest absolute Gasteiger partial charge is 0.508 e. The summed E-state index contributed by atoms with van der Waals surface area (Å²) in [5.41, 5.74) is 0.701. The van der Waals surface area contributed by atoms with E-state index in [2.05, 4.69) is 12.2 Å². The third-order valence-electron chi connectivity index (χ3n) is 5.57. The average Bonchev–Trinajstić information content (AvgIpc) is 2.73. The van der Waals surface area contributed by atoms with Crippen molar-refractivity contribution in [1.29, 1.82) is 0 Å². The van der Waals surface area contributed by atoms with Crippen molar-refractivity contribution >= 4 is 11.9 Å². The molecule has 6 heteroatoms.